The lowest BCUT2D eigenvalue weighted by Gasteiger charge is -2.10. The van der Waals surface area contributed by atoms with E-state index in [1.807, 2.05) is 0 Å². The first-order valence-electron chi connectivity index (χ1n) is 3.80. The van der Waals surface area contributed by atoms with Gasteiger partial charge in [-0.3, -0.25) is 4.79 Å². The second-order valence-corrected chi connectivity index (χ2v) is 2.19. The highest BCUT2D eigenvalue weighted by Crippen LogP contribution is 2.02. The first-order chi connectivity index (χ1) is 6.65. The largest absolute Gasteiger partial charge is 0.435 e. The average molecular weight is 200 g/mol. The Labute approximate surface area is 81.9 Å². The van der Waals surface area contributed by atoms with Gasteiger partial charge < -0.3 is 14.2 Å². The van der Waals surface area contributed by atoms with Crippen LogP contribution in [0.3, 0.4) is 0 Å². The smallest absolute Gasteiger partial charge is 0.340 e. The second-order valence-electron chi connectivity index (χ2n) is 2.19. The minimum absolute atomic E-state index is 0.227. The van der Waals surface area contributed by atoms with Gasteiger partial charge in [-0.1, -0.05) is 13.2 Å². The number of carbonyl (C=O) groups is 2. The Bertz CT molecular complexity index is 233. The summed E-state index contributed by atoms with van der Waals surface area (Å²) in [5.41, 5.74) is 0. The molecule has 0 fully saturated rings. The zero-order chi connectivity index (χ0) is 11.0. The summed E-state index contributed by atoms with van der Waals surface area (Å²) in [4.78, 5) is 22.0. The summed E-state index contributed by atoms with van der Waals surface area (Å²) in [6.07, 6.45) is 0.733. The van der Waals surface area contributed by atoms with E-state index >= 15 is 0 Å². The van der Waals surface area contributed by atoms with Gasteiger partial charge in [0.2, 0.25) is 0 Å². The van der Waals surface area contributed by atoms with Gasteiger partial charge in [0.05, 0.1) is 18.9 Å². The molecule has 0 aromatic rings. The fraction of sp³-hybridized carbons (Fsp3) is 0.333. The lowest BCUT2D eigenvalue weighted by atomic mass is 10.2. The maximum atomic E-state index is 11.1. The quantitative estimate of drug-likeness (QED) is 0.468. The fourth-order valence-corrected chi connectivity index (χ4v) is 0.713. The van der Waals surface area contributed by atoms with Crippen molar-refractivity contribution >= 4 is 11.9 Å². The van der Waals surface area contributed by atoms with Crippen molar-refractivity contribution in [2.75, 3.05) is 7.11 Å². The average Bonchev–Trinajstić information content (AvgIpc) is 2.15. The third-order valence-electron chi connectivity index (χ3n) is 1.31. The number of esters is 2. The van der Waals surface area contributed by atoms with Crippen LogP contribution in [0.1, 0.15) is 6.42 Å². The summed E-state index contributed by atoms with van der Waals surface area (Å²) in [5.74, 6) is -1.31. The molecule has 1 atom stereocenters. The predicted molar refractivity (Wildman–Crippen MR) is 48.0 cm³/mol. The molecule has 0 spiro atoms. The Morgan fingerprint density at radius 1 is 1.29 bits per heavy atom. The monoisotopic (exact) mass is 200 g/mol. The third-order valence-corrected chi connectivity index (χ3v) is 1.31. The topological polar surface area (TPSA) is 61.8 Å². The predicted octanol–water partition coefficient (Wildman–Crippen LogP) is 0.765. The molecular weight excluding hydrogens is 188 g/mol. The first-order valence-corrected chi connectivity index (χ1v) is 3.80. The van der Waals surface area contributed by atoms with Crippen molar-refractivity contribution in [1.82, 2.24) is 0 Å². The standard InChI is InChI=1S/C9H12O5/c1-4-13-8(10)6-7(12-3)9(11)14-5-2/h4-5,7H,1-2,6H2,3H3. The van der Waals surface area contributed by atoms with Crippen LogP contribution in [0.4, 0.5) is 0 Å². The van der Waals surface area contributed by atoms with Crippen LogP contribution < -0.4 is 0 Å². The molecule has 0 aromatic heterocycles. The number of carbonyl (C=O) groups excluding carboxylic acids is 2. The summed E-state index contributed by atoms with van der Waals surface area (Å²) in [6.45, 7) is 6.40. The van der Waals surface area contributed by atoms with Crippen LogP contribution in [0.15, 0.2) is 25.7 Å². The van der Waals surface area contributed by atoms with Gasteiger partial charge in [-0.25, -0.2) is 4.79 Å². The number of rotatable bonds is 6. The Morgan fingerprint density at radius 3 is 2.29 bits per heavy atom. The first kappa shape index (κ1) is 12.4. The fourth-order valence-electron chi connectivity index (χ4n) is 0.713. The van der Waals surface area contributed by atoms with Crippen molar-refractivity contribution < 1.29 is 23.8 Å². The molecule has 0 heterocycles. The Hall–Kier alpha value is -1.62. The van der Waals surface area contributed by atoms with Crippen LogP contribution in [-0.2, 0) is 23.8 Å². The molecule has 0 aromatic carbocycles. The SMILES string of the molecule is C=COC(=O)CC(OC)C(=O)OC=C. The Balaban J connectivity index is 4.13. The van der Waals surface area contributed by atoms with Gasteiger partial charge in [0.25, 0.3) is 0 Å². The van der Waals surface area contributed by atoms with Crippen LogP contribution in [0, 0.1) is 0 Å². The van der Waals surface area contributed by atoms with Crippen molar-refractivity contribution in [2.45, 2.75) is 12.5 Å². The van der Waals surface area contributed by atoms with Crippen molar-refractivity contribution in [3.05, 3.63) is 25.7 Å². The molecule has 14 heavy (non-hydrogen) atoms. The van der Waals surface area contributed by atoms with Crippen LogP contribution >= 0.6 is 0 Å². The van der Waals surface area contributed by atoms with Gasteiger partial charge in [-0.2, -0.15) is 0 Å². The molecule has 0 rings (SSSR count). The van der Waals surface area contributed by atoms with E-state index in [1.165, 1.54) is 7.11 Å². The highest BCUT2D eigenvalue weighted by atomic mass is 16.6. The van der Waals surface area contributed by atoms with Crippen LogP contribution in [0.2, 0.25) is 0 Å². The highest BCUT2D eigenvalue weighted by Gasteiger charge is 2.22. The molecule has 0 N–H and O–H groups in total. The molecule has 0 saturated heterocycles. The molecule has 0 aliphatic carbocycles. The van der Waals surface area contributed by atoms with E-state index in [9.17, 15) is 9.59 Å². The molecule has 5 heteroatoms. The molecular formula is C9H12O5. The number of ether oxygens (including phenoxy) is 3. The summed E-state index contributed by atoms with van der Waals surface area (Å²) < 4.78 is 13.6. The van der Waals surface area contributed by atoms with E-state index in [1.54, 1.807) is 0 Å². The Morgan fingerprint density at radius 2 is 1.86 bits per heavy atom. The van der Waals surface area contributed by atoms with Gasteiger partial charge in [-0.15, -0.1) is 0 Å². The lowest BCUT2D eigenvalue weighted by Crippen LogP contribution is -2.27. The van der Waals surface area contributed by atoms with Gasteiger partial charge in [-0.05, 0) is 0 Å². The zero-order valence-corrected chi connectivity index (χ0v) is 7.89. The van der Waals surface area contributed by atoms with Gasteiger partial charge >= 0.3 is 11.9 Å². The zero-order valence-electron chi connectivity index (χ0n) is 7.89. The van der Waals surface area contributed by atoms with Crippen LogP contribution in [0.5, 0.6) is 0 Å². The summed E-state index contributed by atoms with van der Waals surface area (Å²) in [7, 11) is 1.29. The van der Waals surface area contributed by atoms with E-state index in [-0.39, 0.29) is 6.42 Å². The van der Waals surface area contributed by atoms with E-state index < -0.39 is 18.0 Å². The van der Waals surface area contributed by atoms with Crippen LogP contribution in [-0.4, -0.2) is 25.2 Å². The molecule has 0 radical (unpaired) electrons. The number of hydrogen-bond acceptors (Lipinski definition) is 5. The van der Waals surface area contributed by atoms with Crippen LogP contribution in [0.25, 0.3) is 0 Å². The van der Waals surface area contributed by atoms with E-state index in [4.69, 9.17) is 4.74 Å². The minimum Gasteiger partial charge on any atom is -0.435 e. The van der Waals surface area contributed by atoms with Crippen molar-refractivity contribution in [3.63, 3.8) is 0 Å². The minimum atomic E-state index is -0.986. The summed E-state index contributed by atoms with van der Waals surface area (Å²) >= 11 is 0. The van der Waals surface area contributed by atoms with E-state index in [0.29, 0.717) is 0 Å². The highest BCUT2D eigenvalue weighted by molar-refractivity contribution is 5.82. The molecule has 1 unspecified atom stereocenters. The van der Waals surface area contributed by atoms with Gasteiger partial charge in [0, 0.05) is 7.11 Å². The van der Waals surface area contributed by atoms with Crippen molar-refractivity contribution in [2.24, 2.45) is 0 Å². The number of hydrogen-bond donors (Lipinski definition) is 0. The molecule has 0 aliphatic rings. The second kappa shape index (κ2) is 6.85. The molecule has 0 bridgehead atoms. The molecule has 0 saturated carbocycles. The summed E-state index contributed by atoms with van der Waals surface area (Å²) in [6, 6.07) is 0. The van der Waals surface area contributed by atoms with E-state index in [0.717, 1.165) is 12.5 Å². The maximum Gasteiger partial charge on any atom is 0.340 e. The molecule has 5 nitrogen and oxygen atoms in total. The summed E-state index contributed by atoms with van der Waals surface area (Å²) in [5, 5.41) is 0. The Kier molecular flexibility index (Phi) is 6.06. The van der Waals surface area contributed by atoms with Crippen molar-refractivity contribution in [3.8, 4) is 0 Å². The lowest BCUT2D eigenvalue weighted by molar-refractivity contribution is -0.155. The van der Waals surface area contributed by atoms with Gasteiger partial charge in [0.1, 0.15) is 0 Å². The molecule has 0 amide bonds. The molecule has 0 aliphatic heterocycles. The van der Waals surface area contributed by atoms with Crippen molar-refractivity contribution in [1.29, 1.82) is 0 Å². The normalized spacial score (nSPS) is 11.2. The number of methoxy groups -OCH3 is 1. The third kappa shape index (κ3) is 4.42. The molecule has 78 valence electrons. The van der Waals surface area contributed by atoms with E-state index in [2.05, 4.69) is 22.6 Å². The van der Waals surface area contributed by atoms with Gasteiger partial charge in [0.15, 0.2) is 6.10 Å². The maximum absolute atomic E-state index is 11.1.